The van der Waals surface area contributed by atoms with Gasteiger partial charge in [0, 0.05) is 6.54 Å². The molecule has 2 rings (SSSR count). The first-order valence-electron chi connectivity index (χ1n) is 5.78. The van der Waals surface area contributed by atoms with Gasteiger partial charge in [-0.3, -0.25) is 9.89 Å². The molecule has 0 spiro atoms. The van der Waals surface area contributed by atoms with Gasteiger partial charge < -0.3 is 15.7 Å². The van der Waals surface area contributed by atoms with Gasteiger partial charge in [0.05, 0.1) is 24.0 Å². The van der Waals surface area contributed by atoms with Crippen LogP contribution in [0.2, 0.25) is 0 Å². The van der Waals surface area contributed by atoms with Gasteiger partial charge in [-0.2, -0.15) is 5.10 Å². The fourth-order valence-corrected chi connectivity index (χ4v) is 2.28. The number of nitrogens with two attached hydrogens (primary N) is 1. The minimum atomic E-state index is -0.199. The molecule has 1 aliphatic heterocycles. The first kappa shape index (κ1) is 11.9. The number of aromatic nitrogens is 2. The Morgan fingerprint density at radius 3 is 2.94 bits per heavy atom. The van der Waals surface area contributed by atoms with Crippen molar-refractivity contribution in [3.05, 3.63) is 11.4 Å². The molecule has 1 aliphatic rings. The van der Waals surface area contributed by atoms with Gasteiger partial charge in [0.1, 0.15) is 0 Å². The molecule has 6 heteroatoms. The number of carbonyl (C=O) groups excluding carboxylic acids is 1. The molecule has 2 atom stereocenters. The van der Waals surface area contributed by atoms with Gasteiger partial charge >= 0.3 is 0 Å². The summed E-state index contributed by atoms with van der Waals surface area (Å²) in [6.07, 6.45) is 0.903. The van der Waals surface area contributed by atoms with Gasteiger partial charge in [-0.15, -0.1) is 0 Å². The molecule has 1 amide bonds. The summed E-state index contributed by atoms with van der Waals surface area (Å²) < 4.78 is 0. The number of amides is 1. The van der Waals surface area contributed by atoms with Crippen molar-refractivity contribution in [2.45, 2.75) is 26.3 Å². The number of aliphatic hydroxyl groups excluding tert-OH is 1. The van der Waals surface area contributed by atoms with E-state index in [2.05, 4.69) is 10.2 Å². The zero-order chi connectivity index (χ0) is 12.6. The number of rotatable bonds is 2. The van der Waals surface area contributed by atoms with Crippen molar-refractivity contribution in [2.24, 2.45) is 5.92 Å². The molecule has 1 saturated heterocycles. The maximum atomic E-state index is 12.2. The maximum absolute atomic E-state index is 12.2. The highest BCUT2D eigenvalue weighted by Gasteiger charge is 2.35. The highest BCUT2D eigenvalue weighted by atomic mass is 16.3. The molecule has 0 bridgehead atoms. The monoisotopic (exact) mass is 238 g/mol. The van der Waals surface area contributed by atoms with Crippen LogP contribution < -0.4 is 5.73 Å². The smallest absolute Gasteiger partial charge is 0.276 e. The molecule has 2 unspecified atom stereocenters. The Hall–Kier alpha value is -1.56. The molecule has 1 aromatic heterocycles. The third kappa shape index (κ3) is 1.88. The molecule has 0 saturated carbocycles. The topological polar surface area (TPSA) is 95.2 Å². The Morgan fingerprint density at radius 2 is 2.41 bits per heavy atom. The minimum Gasteiger partial charge on any atom is -0.395 e. The zero-order valence-corrected chi connectivity index (χ0v) is 10.1. The fourth-order valence-electron chi connectivity index (χ4n) is 2.28. The van der Waals surface area contributed by atoms with Gasteiger partial charge in [0.2, 0.25) is 0 Å². The average Bonchev–Trinajstić information content (AvgIpc) is 2.83. The van der Waals surface area contributed by atoms with Crippen molar-refractivity contribution in [1.82, 2.24) is 15.1 Å². The van der Waals surface area contributed by atoms with Crippen molar-refractivity contribution < 1.29 is 9.90 Å². The van der Waals surface area contributed by atoms with Crippen LogP contribution in [0.1, 0.15) is 29.5 Å². The molecule has 4 N–H and O–H groups in total. The second-order valence-corrected chi connectivity index (χ2v) is 4.63. The van der Waals surface area contributed by atoms with Crippen LogP contribution in [0, 0.1) is 12.8 Å². The van der Waals surface area contributed by atoms with Crippen molar-refractivity contribution in [3.8, 4) is 0 Å². The molecule has 0 radical (unpaired) electrons. The number of anilines is 1. The molecular weight excluding hydrogens is 220 g/mol. The molecular formula is C11H18N4O2. The van der Waals surface area contributed by atoms with Crippen LogP contribution in [0.25, 0.3) is 0 Å². The van der Waals surface area contributed by atoms with Gasteiger partial charge in [0.15, 0.2) is 5.69 Å². The third-order valence-corrected chi connectivity index (χ3v) is 3.53. The van der Waals surface area contributed by atoms with Crippen LogP contribution in [0.4, 0.5) is 5.69 Å². The van der Waals surface area contributed by atoms with E-state index in [1.165, 1.54) is 0 Å². The van der Waals surface area contributed by atoms with E-state index in [1.807, 2.05) is 6.92 Å². The second kappa shape index (κ2) is 4.37. The highest BCUT2D eigenvalue weighted by Crippen LogP contribution is 2.26. The fraction of sp³-hybridized carbons (Fsp3) is 0.636. The van der Waals surface area contributed by atoms with Crippen LogP contribution in [-0.4, -0.2) is 45.3 Å². The first-order valence-corrected chi connectivity index (χ1v) is 5.78. The third-order valence-electron chi connectivity index (χ3n) is 3.53. The van der Waals surface area contributed by atoms with E-state index in [-0.39, 0.29) is 24.2 Å². The van der Waals surface area contributed by atoms with Crippen molar-refractivity contribution in [3.63, 3.8) is 0 Å². The number of aliphatic hydroxyl groups is 1. The average molecular weight is 238 g/mol. The molecule has 0 aromatic carbocycles. The van der Waals surface area contributed by atoms with E-state index < -0.39 is 0 Å². The molecule has 1 fully saturated rings. The van der Waals surface area contributed by atoms with Gasteiger partial charge in [-0.05, 0) is 19.3 Å². The van der Waals surface area contributed by atoms with E-state index in [9.17, 15) is 9.90 Å². The maximum Gasteiger partial charge on any atom is 0.276 e. The lowest BCUT2D eigenvalue weighted by Gasteiger charge is -2.24. The Balaban J connectivity index is 2.23. The number of aromatic amines is 1. The van der Waals surface area contributed by atoms with Crippen LogP contribution in [0.3, 0.4) is 0 Å². The van der Waals surface area contributed by atoms with E-state index in [0.717, 1.165) is 6.42 Å². The predicted molar refractivity (Wildman–Crippen MR) is 63.4 cm³/mol. The Labute approximate surface area is 99.8 Å². The summed E-state index contributed by atoms with van der Waals surface area (Å²) in [6.45, 7) is 4.44. The molecule has 2 heterocycles. The summed E-state index contributed by atoms with van der Waals surface area (Å²) >= 11 is 0. The van der Waals surface area contributed by atoms with Crippen LogP contribution in [0.15, 0.2) is 0 Å². The summed E-state index contributed by atoms with van der Waals surface area (Å²) in [5, 5.41) is 16.0. The zero-order valence-electron chi connectivity index (χ0n) is 10.1. The Kier molecular flexibility index (Phi) is 3.06. The van der Waals surface area contributed by atoms with Crippen molar-refractivity contribution in [2.75, 3.05) is 18.9 Å². The molecule has 94 valence electrons. The van der Waals surface area contributed by atoms with E-state index >= 15 is 0 Å². The Bertz CT molecular complexity index is 429. The lowest BCUT2D eigenvalue weighted by Crippen LogP contribution is -2.40. The second-order valence-electron chi connectivity index (χ2n) is 4.63. The number of likely N-dealkylation sites (tertiary alicyclic amines) is 1. The normalized spacial score (nSPS) is 24.3. The summed E-state index contributed by atoms with van der Waals surface area (Å²) in [4.78, 5) is 13.9. The predicted octanol–water partition coefficient (Wildman–Crippen LogP) is 0.143. The number of aryl methyl sites for hydroxylation is 1. The van der Waals surface area contributed by atoms with Crippen LogP contribution in [0.5, 0.6) is 0 Å². The van der Waals surface area contributed by atoms with Gasteiger partial charge in [-0.1, -0.05) is 6.92 Å². The number of H-pyrrole nitrogens is 1. The quantitative estimate of drug-likeness (QED) is 0.683. The van der Waals surface area contributed by atoms with Crippen LogP contribution >= 0.6 is 0 Å². The number of carbonyl (C=O) groups is 1. The number of nitrogen functional groups attached to an aromatic ring is 1. The van der Waals surface area contributed by atoms with Gasteiger partial charge in [0.25, 0.3) is 5.91 Å². The number of hydrogen-bond donors (Lipinski definition) is 3. The number of nitrogens with one attached hydrogen (secondary N) is 1. The summed E-state index contributed by atoms with van der Waals surface area (Å²) in [5.74, 6) is 0.112. The highest BCUT2D eigenvalue weighted by molar-refractivity contribution is 5.98. The summed E-state index contributed by atoms with van der Waals surface area (Å²) in [7, 11) is 0. The Morgan fingerprint density at radius 1 is 1.71 bits per heavy atom. The summed E-state index contributed by atoms with van der Waals surface area (Å²) in [6, 6.07) is -0.126. The number of hydrogen-bond acceptors (Lipinski definition) is 4. The SMILES string of the molecule is Cc1[nH]nc(C(=O)N2CCC(C)C2CO)c1N. The van der Waals surface area contributed by atoms with Gasteiger partial charge in [-0.25, -0.2) is 0 Å². The molecule has 17 heavy (non-hydrogen) atoms. The van der Waals surface area contributed by atoms with E-state index in [1.54, 1.807) is 11.8 Å². The standard InChI is InChI=1S/C11H18N4O2/c1-6-3-4-15(8(6)5-16)11(17)10-9(12)7(2)13-14-10/h6,8,16H,3-5,12H2,1-2H3,(H,13,14). The minimum absolute atomic E-state index is 0.0176. The molecule has 6 nitrogen and oxygen atoms in total. The lowest BCUT2D eigenvalue weighted by molar-refractivity contribution is 0.0643. The molecule has 0 aliphatic carbocycles. The van der Waals surface area contributed by atoms with E-state index in [0.29, 0.717) is 23.8 Å². The van der Waals surface area contributed by atoms with E-state index in [4.69, 9.17) is 5.73 Å². The first-order chi connectivity index (χ1) is 8.06. The van der Waals surface area contributed by atoms with Crippen molar-refractivity contribution >= 4 is 11.6 Å². The summed E-state index contributed by atoms with van der Waals surface area (Å²) in [5.41, 5.74) is 7.14. The lowest BCUT2D eigenvalue weighted by atomic mass is 10.0. The molecule has 1 aromatic rings. The van der Waals surface area contributed by atoms with Crippen molar-refractivity contribution in [1.29, 1.82) is 0 Å². The largest absolute Gasteiger partial charge is 0.395 e. The van der Waals surface area contributed by atoms with Crippen LogP contribution in [-0.2, 0) is 0 Å². The number of nitrogens with zero attached hydrogens (tertiary/aromatic N) is 2.